The van der Waals surface area contributed by atoms with Gasteiger partial charge in [0, 0.05) is 6.42 Å². The van der Waals surface area contributed by atoms with Crippen molar-refractivity contribution < 1.29 is 89.4 Å². The van der Waals surface area contributed by atoms with Gasteiger partial charge in [-0.1, -0.05) is 294 Å². The van der Waals surface area contributed by atoms with Gasteiger partial charge < -0.3 is 89.9 Å². The highest BCUT2D eigenvalue weighted by Gasteiger charge is 2.54. The first-order valence-electron chi connectivity index (χ1n) is 38.9. The monoisotopic (exact) mass is 1370 g/mol. The minimum absolute atomic E-state index is 0.238. The summed E-state index contributed by atoms with van der Waals surface area (Å²) >= 11 is 0. The van der Waals surface area contributed by atoms with Crippen molar-refractivity contribution in [1.29, 1.82) is 0 Å². The normalized spacial score (nSPS) is 27.3. The molecule has 12 N–H and O–H groups in total. The first-order chi connectivity index (χ1) is 46.8. The fourth-order valence-corrected chi connectivity index (χ4v) is 13.2. The number of unbranched alkanes of at least 4 members (excludes halogenated alkanes) is 37. The Hall–Kier alpha value is -2.25. The van der Waals surface area contributed by atoms with Crippen LogP contribution in [0.1, 0.15) is 303 Å². The summed E-state index contributed by atoms with van der Waals surface area (Å²) in [5, 5.41) is 121. The Morgan fingerprint density at radius 1 is 0.385 bits per heavy atom. The smallest absolute Gasteiger partial charge is 0.220 e. The maximum absolute atomic E-state index is 13.5. The Balaban J connectivity index is 1.30. The van der Waals surface area contributed by atoms with E-state index in [1.165, 1.54) is 199 Å². The van der Waals surface area contributed by atoms with Crippen molar-refractivity contribution in [3.8, 4) is 0 Å². The van der Waals surface area contributed by atoms with E-state index in [1.807, 2.05) is 0 Å². The van der Waals surface area contributed by atoms with Crippen LogP contribution in [0, 0.1) is 0 Å². The van der Waals surface area contributed by atoms with Gasteiger partial charge in [-0.05, 0) is 51.4 Å². The molecule has 17 atom stereocenters. The number of hydrogen-bond acceptors (Lipinski definition) is 18. The van der Waals surface area contributed by atoms with Crippen molar-refractivity contribution in [2.75, 3.05) is 26.4 Å². The molecular formula is C77H141NO18. The van der Waals surface area contributed by atoms with Crippen LogP contribution in [0.25, 0.3) is 0 Å². The summed E-state index contributed by atoms with van der Waals surface area (Å²) in [6, 6.07) is -0.885. The lowest BCUT2D eigenvalue weighted by Crippen LogP contribution is -2.66. The SMILES string of the molecule is CC/C=C\C/C=C\C/C=C\C/C=C\CCCCCCCCCCCCCCCCCCCCCCCCCCC(=O)NC(COC1OC(CO)C(OC2OC(CO)C(OC3OC(CO)C(O)C(O)C3O)C(O)C2O)C(O)C1O)C(O)CCCCCCCCCCCCCCCC. The van der Waals surface area contributed by atoms with Crippen LogP contribution < -0.4 is 5.32 Å². The minimum atomic E-state index is -1.97. The number of carbonyl (C=O) groups excluding carboxylic acids is 1. The van der Waals surface area contributed by atoms with E-state index in [0.717, 1.165) is 70.6 Å². The van der Waals surface area contributed by atoms with E-state index < -0.39 is 124 Å². The predicted octanol–water partition coefficient (Wildman–Crippen LogP) is 12.1. The number of carbonyl (C=O) groups is 1. The number of aliphatic hydroxyl groups is 11. The largest absolute Gasteiger partial charge is 0.394 e. The maximum atomic E-state index is 13.5. The van der Waals surface area contributed by atoms with Crippen molar-refractivity contribution >= 4 is 5.91 Å². The van der Waals surface area contributed by atoms with E-state index in [2.05, 4.69) is 67.8 Å². The average Bonchev–Trinajstić information content (AvgIpc) is 0.787. The summed E-state index contributed by atoms with van der Waals surface area (Å²) in [5.41, 5.74) is 0. The summed E-state index contributed by atoms with van der Waals surface area (Å²) < 4.78 is 34.4. The molecule has 0 saturated carbocycles. The van der Waals surface area contributed by atoms with Gasteiger partial charge in [0.25, 0.3) is 0 Å². The number of hydrogen-bond donors (Lipinski definition) is 12. The molecule has 19 nitrogen and oxygen atoms in total. The molecule has 1 amide bonds. The van der Waals surface area contributed by atoms with Crippen molar-refractivity contribution in [1.82, 2.24) is 5.32 Å². The number of allylic oxidation sites excluding steroid dienone is 8. The molecule has 3 heterocycles. The maximum Gasteiger partial charge on any atom is 0.220 e. The highest BCUT2D eigenvalue weighted by atomic mass is 16.8. The van der Waals surface area contributed by atoms with Gasteiger partial charge in [-0.2, -0.15) is 0 Å². The van der Waals surface area contributed by atoms with Gasteiger partial charge in [0.05, 0.1) is 38.6 Å². The highest BCUT2D eigenvalue weighted by molar-refractivity contribution is 5.76. The zero-order chi connectivity index (χ0) is 69.6. The topological polar surface area (TPSA) is 307 Å². The Morgan fingerprint density at radius 2 is 0.719 bits per heavy atom. The molecule has 0 radical (unpaired) electrons. The van der Waals surface area contributed by atoms with Crippen LogP contribution in [0.3, 0.4) is 0 Å². The lowest BCUT2D eigenvalue weighted by atomic mass is 9.96. The molecule has 3 fully saturated rings. The zero-order valence-corrected chi connectivity index (χ0v) is 59.9. The molecule has 0 aliphatic carbocycles. The Bertz CT molecular complexity index is 1930. The first-order valence-corrected chi connectivity index (χ1v) is 38.9. The number of amides is 1. The van der Waals surface area contributed by atoms with Crippen molar-refractivity contribution in [3.63, 3.8) is 0 Å². The second-order valence-corrected chi connectivity index (χ2v) is 27.8. The third kappa shape index (κ3) is 38.7. The van der Waals surface area contributed by atoms with Crippen LogP contribution in [0.2, 0.25) is 0 Å². The van der Waals surface area contributed by atoms with Gasteiger partial charge in [-0.15, -0.1) is 0 Å². The molecule has 562 valence electrons. The zero-order valence-electron chi connectivity index (χ0n) is 59.9. The molecule has 17 unspecified atom stereocenters. The minimum Gasteiger partial charge on any atom is -0.394 e. The predicted molar refractivity (Wildman–Crippen MR) is 379 cm³/mol. The lowest BCUT2D eigenvalue weighted by Gasteiger charge is -2.48. The van der Waals surface area contributed by atoms with Gasteiger partial charge in [-0.3, -0.25) is 4.79 Å². The van der Waals surface area contributed by atoms with Gasteiger partial charge in [-0.25, -0.2) is 0 Å². The molecular weight excluding hydrogens is 1230 g/mol. The van der Waals surface area contributed by atoms with Crippen LogP contribution in [-0.4, -0.2) is 193 Å². The van der Waals surface area contributed by atoms with Gasteiger partial charge in [0.2, 0.25) is 5.91 Å². The molecule has 0 aromatic rings. The summed E-state index contributed by atoms with van der Waals surface area (Å²) in [6.45, 7) is 1.71. The number of aliphatic hydroxyl groups excluding tert-OH is 11. The van der Waals surface area contributed by atoms with Crippen LogP contribution in [-0.2, 0) is 33.2 Å². The summed E-state index contributed by atoms with van der Waals surface area (Å²) in [4.78, 5) is 13.5. The number of ether oxygens (including phenoxy) is 6. The first kappa shape index (κ1) is 88.0. The summed E-state index contributed by atoms with van der Waals surface area (Å²) in [5.74, 6) is -0.238. The Kier molecular flexibility index (Phi) is 53.4. The molecule has 0 spiro atoms. The van der Waals surface area contributed by atoms with Gasteiger partial charge in [0.1, 0.15) is 73.2 Å². The molecule has 3 aliphatic rings. The quantitative estimate of drug-likeness (QED) is 0.0199. The summed E-state index contributed by atoms with van der Waals surface area (Å²) in [6.07, 6.45) is 45.1. The Morgan fingerprint density at radius 3 is 1.12 bits per heavy atom. The average molecular weight is 1370 g/mol. The summed E-state index contributed by atoms with van der Waals surface area (Å²) in [7, 11) is 0. The number of nitrogens with one attached hydrogen (secondary N) is 1. The van der Waals surface area contributed by atoms with E-state index in [1.54, 1.807) is 0 Å². The molecule has 3 saturated heterocycles. The van der Waals surface area contributed by atoms with Crippen molar-refractivity contribution in [3.05, 3.63) is 48.6 Å². The molecule has 0 bridgehead atoms. The molecule has 0 aromatic heterocycles. The second kappa shape index (κ2) is 58.3. The third-order valence-electron chi connectivity index (χ3n) is 19.4. The van der Waals surface area contributed by atoms with Crippen molar-refractivity contribution in [2.24, 2.45) is 0 Å². The van der Waals surface area contributed by atoms with Crippen molar-refractivity contribution in [2.45, 2.75) is 407 Å². The van der Waals surface area contributed by atoms with Gasteiger partial charge >= 0.3 is 0 Å². The molecule has 0 aromatic carbocycles. The van der Waals surface area contributed by atoms with E-state index in [-0.39, 0.29) is 18.9 Å². The number of rotatable bonds is 61. The molecule has 19 heteroatoms. The molecule has 96 heavy (non-hydrogen) atoms. The standard InChI is InChI=1S/C77H141NO18/c1-3-5-7-9-11-13-15-17-19-20-21-22-23-24-25-26-27-28-29-30-31-32-33-34-35-36-37-38-39-40-41-43-45-47-49-51-53-55-65(83)78-60(61(82)54-52-50-48-46-44-42-18-16-14-12-10-8-6-4-2)59-91-75-71(89)68(86)73(63(57-80)93-75)96-77-72(90)69(87)74(64(58-81)94-77)95-76-70(88)67(85)66(84)62(56-79)92-76/h5,7,11,13,17,19,21-22,60-64,66-77,79-82,84-90H,3-4,6,8-10,12,14-16,18,20,23-59H2,1-2H3,(H,78,83)/b7-5-,13-11-,19-17-,22-21-. The van der Waals surface area contributed by atoms with Gasteiger partial charge in [0.15, 0.2) is 18.9 Å². The van der Waals surface area contributed by atoms with Crippen LogP contribution in [0.5, 0.6) is 0 Å². The van der Waals surface area contributed by atoms with Crippen LogP contribution in [0.4, 0.5) is 0 Å². The van der Waals surface area contributed by atoms with E-state index >= 15 is 0 Å². The molecule has 3 aliphatic heterocycles. The van der Waals surface area contributed by atoms with E-state index in [9.17, 15) is 61.0 Å². The fraction of sp³-hybridized carbons (Fsp3) is 0.883. The van der Waals surface area contributed by atoms with E-state index in [4.69, 9.17) is 28.4 Å². The lowest BCUT2D eigenvalue weighted by molar-refractivity contribution is -0.379. The Labute approximate surface area is 580 Å². The third-order valence-corrected chi connectivity index (χ3v) is 19.4. The van der Waals surface area contributed by atoms with Crippen LogP contribution >= 0.6 is 0 Å². The molecule has 3 rings (SSSR count). The fourth-order valence-electron chi connectivity index (χ4n) is 13.2. The van der Waals surface area contributed by atoms with E-state index in [0.29, 0.717) is 12.8 Å². The second-order valence-electron chi connectivity index (χ2n) is 27.8. The highest BCUT2D eigenvalue weighted by Crippen LogP contribution is 2.33. The van der Waals surface area contributed by atoms with Crippen LogP contribution in [0.15, 0.2) is 48.6 Å².